The minimum absolute atomic E-state index is 0.213. The van der Waals surface area contributed by atoms with Crippen molar-refractivity contribution in [3.8, 4) is 5.75 Å². The molecule has 0 saturated carbocycles. The Kier molecular flexibility index (Phi) is 4.96. The van der Waals surface area contributed by atoms with E-state index in [9.17, 15) is 0 Å². The standard InChI is InChI=1S/C13H11BrCl2OS/c1-17-12-4-5-18-13(12)9(14)6-8-2-3-10(15)11(16)7-8/h2-5,7,9H,6H2,1H3. The van der Waals surface area contributed by atoms with Gasteiger partial charge in [-0.05, 0) is 35.6 Å². The number of benzene rings is 1. The van der Waals surface area contributed by atoms with E-state index in [0.29, 0.717) is 10.0 Å². The molecule has 5 heteroatoms. The lowest BCUT2D eigenvalue weighted by atomic mass is 10.1. The van der Waals surface area contributed by atoms with Crippen LogP contribution in [-0.4, -0.2) is 7.11 Å². The third-order valence-corrected chi connectivity index (χ3v) is 5.40. The number of halogens is 3. The molecule has 0 amide bonds. The molecule has 0 bridgehead atoms. The highest BCUT2D eigenvalue weighted by Gasteiger charge is 2.15. The van der Waals surface area contributed by atoms with Gasteiger partial charge in [-0.3, -0.25) is 0 Å². The van der Waals surface area contributed by atoms with E-state index in [2.05, 4.69) is 15.9 Å². The Labute approximate surface area is 129 Å². The van der Waals surface area contributed by atoms with Gasteiger partial charge in [-0.2, -0.15) is 0 Å². The minimum atomic E-state index is 0.213. The molecule has 1 heterocycles. The Morgan fingerprint density at radius 1 is 1.28 bits per heavy atom. The number of rotatable bonds is 4. The van der Waals surface area contributed by atoms with E-state index in [1.54, 1.807) is 18.4 Å². The van der Waals surface area contributed by atoms with Gasteiger partial charge in [0, 0.05) is 0 Å². The van der Waals surface area contributed by atoms with Crippen molar-refractivity contribution >= 4 is 50.5 Å². The van der Waals surface area contributed by atoms with Gasteiger partial charge in [0.1, 0.15) is 5.75 Å². The second-order valence-electron chi connectivity index (χ2n) is 3.77. The summed E-state index contributed by atoms with van der Waals surface area (Å²) >= 11 is 17.3. The molecule has 0 spiro atoms. The summed E-state index contributed by atoms with van der Waals surface area (Å²) in [6.45, 7) is 0. The summed E-state index contributed by atoms with van der Waals surface area (Å²) < 4.78 is 5.32. The molecule has 0 aliphatic carbocycles. The molecule has 1 unspecified atom stereocenters. The second kappa shape index (κ2) is 6.29. The molecule has 0 saturated heterocycles. The third-order valence-electron chi connectivity index (χ3n) is 2.56. The van der Waals surface area contributed by atoms with Crippen LogP contribution in [0.3, 0.4) is 0 Å². The van der Waals surface area contributed by atoms with Crippen molar-refractivity contribution in [3.63, 3.8) is 0 Å². The highest BCUT2D eigenvalue weighted by molar-refractivity contribution is 9.09. The van der Waals surface area contributed by atoms with E-state index >= 15 is 0 Å². The van der Waals surface area contributed by atoms with Crippen LogP contribution in [0.1, 0.15) is 15.3 Å². The Balaban J connectivity index is 2.16. The summed E-state index contributed by atoms with van der Waals surface area (Å²) in [6.07, 6.45) is 0.841. The van der Waals surface area contributed by atoms with E-state index < -0.39 is 0 Å². The largest absolute Gasteiger partial charge is 0.496 e. The average Bonchev–Trinajstić information content (AvgIpc) is 2.82. The summed E-state index contributed by atoms with van der Waals surface area (Å²) in [4.78, 5) is 1.40. The van der Waals surface area contributed by atoms with E-state index in [1.807, 2.05) is 29.6 Å². The van der Waals surface area contributed by atoms with E-state index in [4.69, 9.17) is 27.9 Å². The fourth-order valence-electron chi connectivity index (χ4n) is 1.67. The summed E-state index contributed by atoms with van der Waals surface area (Å²) in [5, 5.41) is 3.20. The summed E-state index contributed by atoms with van der Waals surface area (Å²) in [7, 11) is 1.68. The molecule has 2 rings (SSSR count). The zero-order valence-electron chi connectivity index (χ0n) is 9.62. The van der Waals surface area contributed by atoms with Crippen molar-refractivity contribution in [3.05, 3.63) is 50.1 Å². The van der Waals surface area contributed by atoms with Gasteiger partial charge in [-0.15, -0.1) is 11.3 Å². The fourth-order valence-corrected chi connectivity index (χ4v) is 3.75. The number of methoxy groups -OCH3 is 1. The van der Waals surface area contributed by atoms with Crippen LogP contribution in [0.2, 0.25) is 10.0 Å². The summed E-state index contributed by atoms with van der Waals surface area (Å²) in [5.41, 5.74) is 1.14. The number of ether oxygens (including phenoxy) is 1. The van der Waals surface area contributed by atoms with Gasteiger partial charge in [-0.25, -0.2) is 0 Å². The Morgan fingerprint density at radius 3 is 2.72 bits per heavy atom. The molecule has 0 aliphatic heterocycles. The topological polar surface area (TPSA) is 9.23 Å². The van der Waals surface area contributed by atoms with Crippen LogP contribution in [0.15, 0.2) is 29.6 Å². The van der Waals surface area contributed by atoms with Crippen molar-refractivity contribution < 1.29 is 4.74 Å². The van der Waals surface area contributed by atoms with Gasteiger partial charge >= 0.3 is 0 Å². The monoisotopic (exact) mass is 364 g/mol. The predicted octanol–water partition coefficient (Wildman–Crippen LogP) is 5.74. The molecule has 2 aromatic rings. The molecule has 0 N–H and O–H groups in total. The van der Waals surface area contributed by atoms with Crippen LogP contribution < -0.4 is 4.74 Å². The molecule has 0 fully saturated rings. The third kappa shape index (κ3) is 3.21. The smallest absolute Gasteiger partial charge is 0.133 e. The molecule has 1 atom stereocenters. The maximum absolute atomic E-state index is 6.01. The van der Waals surface area contributed by atoms with Crippen molar-refractivity contribution in [2.24, 2.45) is 0 Å². The highest BCUT2D eigenvalue weighted by Crippen LogP contribution is 2.38. The Morgan fingerprint density at radius 2 is 2.06 bits per heavy atom. The van der Waals surface area contributed by atoms with Crippen molar-refractivity contribution in [2.75, 3.05) is 7.11 Å². The van der Waals surface area contributed by atoms with Gasteiger partial charge in [0.25, 0.3) is 0 Å². The van der Waals surface area contributed by atoms with Gasteiger partial charge < -0.3 is 4.74 Å². The first-order valence-corrected chi connectivity index (χ1v) is 7.86. The van der Waals surface area contributed by atoms with Gasteiger partial charge in [0.15, 0.2) is 0 Å². The SMILES string of the molecule is COc1ccsc1C(Br)Cc1ccc(Cl)c(Cl)c1. The number of hydrogen-bond acceptors (Lipinski definition) is 2. The van der Waals surface area contributed by atoms with E-state index in [-0.39, 0.29) is 4.83 Å². The lowest BCUT2D eigenvalue weighted by Crippen LogP contribution is -1.95. The minimum Gasteiger partial charge on any atom is -0.496 e. The predicted molar refractivity (Wildman–Crippen MR) is 82.7 cm³/mol. The van der Waals surface area contributed by atoms with Gasteiger partial charge in [0.2, 0.25) is 0 Å². The van der Waals surface area contributed by atoms with Crippen LogP contribution in [-0.2, 0) is 6.42 Å². The average molecular weight is 366 g/mol. The molecule has 1 aromatic carbocycles. The molecule has 1 nitrogen and oxygen atoms in total. The van der Waals surface area contributed by atoms with Crippen molar-refractivity contribution in [2.45, 2.75) is 11.2 Å². The molecule has 0 radical (unpaired) electrons. The zero-order valence-corrected chi connectivity index (χ0v) is 13.5. The molecular formula is C13H11BrCl2OS. The van der Waals surface area contributed by atoms with E-state index in [1.165, 1.54) is 4.88 Å². The maximum atomic E-state index is 6.01. The first-order valence-electron chi connectivity index (χ1n) is 5.31. The van der Waals surface area contributed by atoms with Crippen LogP contribution in [0.4, 0.5) is 0 Å². The molecule has 96 valence electrons. The summed E-state index contributed by atoms with van der Waals surface area (Å²) in [5.74, 6) is 0.918. The first kappa shape index (κ1) is 14.2. The number of alkyl halides is 1. The zero-order chi connectivity index (χ0) is 13.1. The molecular weight excluding hydrogens is 355 g/mol. The highest BCUT2D eigenvalue weighted by atomic mass is 79.9. The maximum Gasteiger partial charge on any atom is 0.133 e. The van der Waals surface area contributed by atoms with Crippen molar-refractivity contribution in [1.82, 2.24) is 0 Å². The Bertz CT molecular complexity index is 542. The van der Waals surface area contributed by atoms with Gasteiger partial charge in [-0.1, -0.05) is 45.2 Å². The number of hydrogen-bond donors (Lipinski definition) is 0. The second-order valence-corrected chi connectivity index (χ2v) is 6.64. The normalized spacial score (nSPS) is 12.4. The molecule has 0 aliphatic rings. The lowest BCUT2D eigenvalue weighted by molar-refractivity contribution is 0.412. The quantitative estimate of drug-likeness (QED) is 0.627. The van der Waals surface area contributed by atoms with Crippen LogP contribution in [0.25, 0.3) is 0 Å². The van der Waals surface area contributed by atoms with Gasteiger partial charge in [0.05, 0.1) is 26.9 Å². The Hall–Kier alpha value is -0.220. The molecule has 18 heavy (non-hydrogen) atoms. The van der Waals surface area contributed by atoms with Crippen LogP contribution >= 0.6 is 50.5 Å². The summed E-state index contributed by atoms with van der Waals surface area (Å²) in [6, 6.07) is 7.69. The number of thiophene rings is 1. The lowest BCUT2D eigenvalue weighted by Gasteiger charge is -2.11. The molecule has 1 aromatic heterocycles. The first-order chi connectivity index (χ1) is 8.61. The fraction of sp³-hybridized carbons (Fsp3) is 0.231. The van der Waals surface area contributed by atoms with E-state index in [0.717, 1.165) is 17.7 Å². The van der Waals surface area contributed by atoms with Crippen LogP contribution in [0.5, 0.6) is 5.75 Å². The van der Waals surface area contributed by atoms with Crippen molar-refractivity contribution in [1.29, 1.82) is 0 Å². The van der Waals surface area contributed by atoms with Crippen LogP contribution in [0, 0.1) is 0 Å².